The van der Waals surface area contributed by atoms with E-state index in [9.17, 15) is 4.79 Å². The van der Waals surface area contributed by atoms with Crippen LogP contribution < -0.4 is 10.1 Å². The number of likely N-dealkylation sites (tertiary alicyclic amines) is 1. The van der Waals surface area contributed by atoms with Crippen molar-refractivity contribution in [3.63, 3.8) is 0 Å². The fourth-order valence-electron chi connectivity index (χ4n) is 4.31. The standard InChI is InChI=1S/C26H32N4O3/c1-4-23(19-8-10-22(32-3)11-9-19)27-26(31)20-12-14-30(15-13-20)17-24-28-25(29-33-24)21-7-5-6-18(2)16-21/h5-11,16,20,23H,4,12-15,17H2,1-3H3,(H,27,31). The molecule has 1 fully saturated rings. The predicted octanol–water partition coefficient (Wildman–Crippen LogP) is 4.53. The van der Waals surface area contributed by atoms with Gasteiger partial charge in [0, 0.05) is 11.5 Å². The van der Waals surface area contributed by atoms with Crippen molar-refractivity contribution in [1.29, 1.82) is 0 Å². The average Bonchev–Trinajstić information content (AvgIpc) is 3.31. The first-order valence-electron chi connectivity index (χ1n) is 11.6. The van der Waals surface area contributed by atoms with Crippen LogP contribution in [0.5, 0.6) is 5.75 Å². The molecule has 33 heavy (non-hydrogen) atoms. The van der Waals surface area contributed by atoms with E-state index < -0.39 is 0 Å². The number of amides is 1. The molecule has 1 amide bonds. The van der Waals surface area contributed by atoms with E-state index in [0.29, 0.717) is 18.3 Å². The summed E-state index contributed by atoms with van der Waals surface area (Å²) in [7, 11) is 1.65. The zero-order valence-corrected chi connectivity index (χ0v) is 19.6. The van der Waals surface area contributed by atoms with E-state index in [1.165, 1.54) is 0 Å². The van der Waals surface area contributed by atoms with Gasteiger partial charge in [0.1, 0.15) is 5.75 Å². The van der Waals surface area contributed by atoms with Gasteiger partial charge in [0.25, 0.3) is 0 Å². The molecule has 0 aliphatic carbocycles. The van der Waals surface area contributed by atoms with Crippen LogP contribution in [0, 0.1) is 12.8 Å². The minimum Gasteiger partial charge on any atom is -0.497 e. The smallest absolute Gasteiger partial charge is 0.241 e. The molecule has 7 nitrogen and oxygen atoms in total. The van der Waals surface area contributed by atoms with E-state index in [-0.39, 0.29) is 17.9 Å². The number of nitrogens with one attached hydrogen (secondary N) is 1. The molecule has 1 saturated heterocycles. The minimum absolute atomic E-state index is 0.0138. The summed E-state index contributed by atoms with van der Waals surface area (Å²) in [4.78, 5) is 19.8. The van der Waals surface area contributed by atoms with Crippen LogP contribution in [0.1, 0.15) is 49.2 Å². The van der Waals surface area contributed by atoms with Gasteiger partial charge < -0.3 is 14.6 Å². The molecule has 0 radical (unpaired) electrons. The molecule has 7 heteroatoms. The first-order chi connectivity index (χ1) is 16.1. The maximum atomic E-state index is 12.9. The van der Waals surface area contributed by atoms with Crippen LogP contribution in [0.3, 0.4) is 0 Å². The van der Waals surface area contributed by atoms with Crippen molar-refractivity contribution in [3.8, 4) is 17.1 Å². The Balaban J connectivity index is 1.28. The van der Waals surface area contributed by atoms with Gasteiger partial charge in [0.05, 0.1) is 19.7 Å². The van der Waals surface area contributed by atoms with Gasteiger partial charge in [0.15, 0.2) is 0 Å². The van der Waals surface area contributed by atoms with Crippen LogP contribution in [0.4, 0.5) is 0 Å². The number of ether oxygens (including phenoxy) is 1. The van der Waals surface area contributed by atoms with Crippen molar-refractivity contribution in [2.45, 2.75) is 45.7 Å². The van der Waals surface area contributed by atoms with E-state index in [0.717, 1.165) is 54.8 Å². The number of aryl methyl sites for hydroxylation is 1. The second kappa shape index (κ2) is 10.6. The molecule has 1 aromatic heterocycles. The highest BCUT2D eigenvalue weighted by Crippen LogP contribution is 2.24. The number of piperidine rings is 1. The molecule has 2 heterocycles. The number of hydrogen-bond donors (Lipinski definition) is 1. The second-order valence-electron chi connectivity index (χ2n) is 8.67. The lowest BCUT2D eigenvalue weighted by molar-refractivity contribution is -0.127. The summed E-state index contributed by atoms with van der Waals surface area (Å²) < 4.78 is 10.7. The minimum atomic E-state index is 0.0138. The number of methoxy groups -OCH3 is 1. The summed E-state index contributed by atoms with van der Waals surface area (Å²) in [5, 5.41) is 7.37. The average molecular weight is 449 g/mol. The first-order valence-corrected chi connectivity index (χ1v) is 11.6. The van der Waals surface area contributed by atoms with Gasteiger partial charge in [-0.25, -0.2) is 0 Å². The Morgan fingerprint density at radius 2 is 1.97 bits per heavy atom. The molecule has 1 N–H and O–H groups in total. The Kier molecular flexibility index (Phi) is 7.40. The van der Waals surface area contributed by atoms with Gasteiger partial charge in [-0.3, -0.25) is 9.69 Å². The predicted molar refractivity (Wildman–Crippen MR) is 127 cm³/mol. The van der Waals surface area contributed by atoms with Crippen LogP contribution in [0.2, 0.25) is 0 Å². The molecule has 1 aliphatic heterocycles. The lowest BCUT2D eigenvalue weighted by Crippen LogP contribution is -2.41. The van der Waals surface area contributed by atoms with Crippen LogP contribution in [-0.4, -0.2) is 41.1 Å². The first kappa shape index (κ1) is 23.0. The summed E-state index contributed by atoms with van der Waals surface area (Å²) in [6.07, 6.45) is 2.49. The number of aromatic nitrogens is 2. The zero-order chi connectivity index (χ0) is 23.2. The van der Waals surface area contributed by atoms with Crippen LogP contribution >= 0.6 is 0 Å². The lowest BCUT2D eigenvalue weighted by Gasteiger charge is -2.31. The van der Waals surface area contributed by atoms with Crippen molar-refractivity contribution in [2.24, 2.45) is 5.92 Å². The molecule has 174 valence electrons. The fraction of sp³-hybridized carbons (Fsp3) is 0.423. The van der Waals surface area contributed by atoms with Gasteiger partial charge in [-0.05, 0) is 63.0 Å². The molecule has 1 unspecified atom stereocenters. The summed E-state index contributed by atoms with van der Waals surface area (Å²) >= 11 is 0. The Bertz CT molecular complexity index is 1060. The van der Waals surface area contributed by atoms with E-state index in [1.54, 1.807) is 7.11 Å². The topological polar surface area (TPSA) is 80.5 Å². The highest BCUT2D eigenvalue weighted by atomic mass is 16.5. The van der Waals surface area contributed by atoms with Gasteiger partial charge in [-0.15, -0.1) is 0 Å². The number of benzene rings is 2. The zero-order valence-electron chi connectivity index (χ0n) is 19.6. The molecule has 3 aromatic rings. The quantitative estimate of drug-likeness (QED) is 0.545. The van der Waals surface area contributed by atoms with Gasteiger partial charge >= 0.3 is 0 Å². The Labute approximate surface area is 195 Å². The molecular weight excluding hydrogens is 416 g/mol. The van der Waals surface area contributed by atoms with E-state index in [2.05, 4.69) is 27.3 Å². The number of carbonyl (C=O) groups is 1. The third-order valence-corrected chi connectivity index (χ3v) is 6.30. The van der Waals surface area contributed by atoms with Gasteiger partial charge in [-0.1, -0.05) is 48.0 Å². The Hall–Kier alpha value is -3.19. The maximum absolute atomic E-state index is 12.9. The van der Waals surface area contributed by atoms with E-state index >= 15 is 0 Å². The largest absolute Gasteiger partial charge is 0.497 e. The number of hydrogen-bond acceptors (Lipinski definition) is 6. The fourth-order valence-corrected chi connectivity index (χ4v) is 4.31. The molecular formula is C26H32N4O3. The summed E-state index contributed by atoms with van der Waals surface area (Å²) in [5.41, 5.74) is 3.23. The van der Waals surface area contributed by atoms with Crippen molar-refractivity contribution >= 4 is 5.91 Å². The van der Waals surface area contributed by atoms with Crippen molar-refractivity contribution < 1.29 is 14.1 Å². The van der Waals surface area contributed by atoms with Crippen LogP contribution in [-0.2, 0) is 11.3 Å². The molecule has 4 rings (SSSR count). The number of rotatable bonds is 8. The van der Waals surface area contributed by atoms with Crippen molar-refractivity contribution in [3.05, 3.63) is 65.5 Å². The van der Waals surface area contributed by atoms with Crippen LogP contribution in [0.15, 0.2) is 53.1 Å². The third-order valence-electron chi connectivity index (χ3n) is 6.30. The highest BCUT2D eigenvalue weighted by Gasteiger charge is 2.27. The third kappa shape index (κ3) is 5.79. The molecule has 0 spiro atoms. The van der Waals surface area contributed by atoms with Gasteiger partial charge in [0.2, 0.25) is 17.6 Å². The Morgan fingerprint density at radius 1 is 1.21 bits per heavy atom. The SMILES string of the molecule is CCC(NC(=O)C1CCN(Cc2nc(-c3cccc(C)c3)no2)CC1)c1ccc(OC)cc1. The Morgan fingerprint density at radius 3 is 2.64 bits per heavy atom. The number of carbonyl (C=O) groups excluding carboxylic acids is 1. The van der Waals surface area contributed by atoms with E-state index in [4.69, 9.17) is 9.26 Å². The van der Waals surface area contributed by atoms with E-state index in [1.807, 2.05) is 55.5 Å². The van der Waals surface area contributed by atoms with Crippen molar-refractivity contribution in [2.75, 3.05) is 20.2 Å². The normalized spacial score (nSPS) is 15.8. The van der Waals surface area contributed by atoms with Gasteiger partial charge in [-0.2, -0.15) is 4.98 Å². The molecule has 2 aromatic carbocycles. The monoisotopic (exact) mass is 448 g/mol. The number of nitrogens with zero attached hydrogens (tertiary/aromatic N) is 3. The van der Waals surface area contributed by atoms with Crippen molar-refractivity contribution in [1.82, 2.24) is 20.4 Å². The summed E-state index contributed by atoms with van der Waals surface area (Å²) in [6, 6.07) is 16.0. The lowest BCUT2D eigenvalue weighted by atomic mass is 9.94. The molecule has 1 aliphatic rings. The molecule has 0 bridgehead atoms. The second-order valence-corrected chi connectivity index (χ2v) is 8.67. The highest BCUT2D eigenvalue weighted by molar-refractivity contribution is 5.79. The van der Waals surface area contributed by atoms with Crippen LogP contribution in [0.25, 0.3) is 11.4 Å². The molecule has 1 atom stereocenters. The molecule has 0 saturated carbocycles. The maximum Gasteiger partial charge on any atom is 0.241 e. The summed E-state index contributed by atoms with van der Waals surface area (Å²) in [5.74, 6) is 2.21. The summed E-state index contributed by atoms with van der Waals surface area (Å²) in [6.45, 7) is 6.41.